The topological polar surface area (TPSA) is 47.2 Å². The monoisotopic (exact) mass is 449 g/mol. The summed E-state index contributed by atoms with van der Waals surface area (Å²) in [5, 5.41) is 0. The third-order valence-corrected chi connectivity index (χ3v) is 6.74. The second-order valence-corrected chi connectivity index (χ2v) is 9.42. The minimum absolute atomic E-state index is 0.269. The quantitative estimate of drug-likeness (QED) is 0.415. The third-order valence-electron chi connectivity index (χ3n) is 5.44. The fraction of sp³-hybridized carbons (Fsp3) is 0.208. The van der Waals surface area contributed by atoms with Crippen LogP contribution in [0.3, 0.4) is 0 Å². The van der Waals surface area contributed by atoms with Gasteiger partial charge in [0.05, 0.1) is 16.3 Å². The first-order chi connectivity index (χ1) is 14.8. The van der Waals surface area contributed by atoms with Crippen LogP contribution in [0, 0.1) is 6.92 Å². The average molecular weight is 450 g/mol. The third kappa shape index (κ3) is 3.79. The predicted octanol–water partition coefficient (Wildman–Crippen LogP) is 5.01. The number of carbonyl (C=O) groups excluding carboxylic acids is 1. The van der Waals surface area contributed by atoms with E-state index in [2.05, 4.69) is 26.0 Å². The number of benzene rings is 2. The lowest BCUT2D eigenvalue weighted by molar-refractivity contribution is -0.113. The summed E-state index contributed by atoms with van der Waals surface area (Å²) < 4.78 is 3.67. The molecule has 0 spiro atoms. The Kier molecular flexibility index (Phi) is 5.73. The summed E-state index contributed by atoms with van der Waals surface area (Å²) in [6.45, 7) is 6.11. The van der Waals surface area contributed by atoms with Gasteiger partial charge in [0.1, 0.15) is 5.69 Å². The maximum Gasteiger partial charge on any atom is 0.296 e. The molecular weight excluding hydrogens is 426 g/mol. The molecule has 0 bridgehead atoms. The smallest absolute Gasteiger partial charge is 0.283 e. The Morgan fingerprint density at radius 2 is 1.65 bits per heavy atom. The van der Waals surface area contributed by atoms with Gasteiger partial charge in [-0.3, -0.25) is 19.2 Å². The summed E-state index contributed by atoms with van der Waals surface area (Å²) in [5.41, 5.74) is 3.60. The summed E-state index contributed by atoms with van der Waals surface area (Å²) in [6, 6.07) is 17.5. The Balaban J connectivity index is 1.73. The van der Waals surface area contributed by atoms with Gasteiger partial charge in [0.15, 0.2) is 4.32 Å². The van der Waals surface area contributed by atoms with Crippen molar-refractivity contribution >= 4 is 46.0 Å². The van der Waals surface area contributed by atoms with Gasteiger partial charge in [-0.15, -0.1) is 0 Å². The van der Waals surface area contributed by atoms with Crippen LogP contribution in [0.15, 0.2) is 64.3 Å². The van der Waals surface area contributed by atoms with Crippen molar-refractivity contribution in [3.05, 3.63) is 86.7 Å². The van der Waals surface area contributed by atoms with E-state index in [1.165, 1.54) is 22.2 Å². The normalized spacial score (nSPS) is 15.5. The fourth-order valence-electron chi connectivity index (χ4n) is 3.60. The van der Waals surface area contributed by atoms with Gasteiger partial charge in [-0.1, -0.05) is 80.3 Å². The molecule has 0 saturated carbocycles. The van der Waals surface area contributed by atoms with Crippen molar-refractivity contribution < 1.29 is 4.79 Å². The first-order valence-corrected chi connectivity index (χ1v) is 11.2. The maximum absolute atomic E-state index is 13.3. The van der Waals surface area contributed by atoms with E-state index in [9.17, 15) is 9.59 Å². The van der Waals surface area contributed by atoms with Crippen LogP contribution in [-0.2, 0) is 11.8 Å². The van der Waals surface area contributed by atoms with Crippen molar-refractivity contribution in [2.45, 2.75) is 26.7 Å². The first-order valence-electron chi connectivity index (χ1n) is 10.0. The summed E-state index contributed by atoms with van der Waals surface area (Å²) in [4.78, 5) is 28.4. The highest BCUT2D eigenvalue weighted by Gasteiger charge is 2.37. The molecule has 0 aliphatic carbocycles. The zero-order valence-corrected chi connectivity index (χ0v) is 19.5. The van der Waals surface area contributed by atoms with Crippen molar-refractivity contribution in [2.75, 3.05) is 4.90 Å². The van der Waals surface area contributed by atoms with Crippen LogP contribution in [0.1, 0.15) is 36.6 Å². The minimum atomic E-state index is -0.273. The van der Waals surface area contributed by atoms with E-state index in [1.54, 1.807) is 16.4 Å². The van der Waals surface area contributed by atoms with Gasteiger partial charge < -0.3 is 0 Å². The van der Waals surface area contributed by atoms with Crippen LogP contribution < -0.4 is 10.5 Å². The molecule has 1 fully saturated rings. The number of para-hydroxylation sites is 1. The van der Waals surface area contributed by atoms with Crippen LogP contribution in [0.2, 0.25) is 0 Å². The number of nitrogens with zero attached hydrogens (tertiary/aromatic N) is 3. The number of rotatable bonds is 4. The molecule has 2 aromatic carbocycles. The molecule has 5 nitrogen and oxygen atoms in total. The van der Waals surface area contributed by atoms with Crippen LogP contribution in [0.4, 0.5) is 5.69 Å². The Labute approximate surface area is 191 Å². The van der Waals surface area contributed by atoms with Gasteiger partial charge in [0.25, 0.3) is 11.5 Å². The van der Waals surface area contributed by atoms with Gasteiger partial charge in [0, 0.05) is 7.05 Å². The number of thioether (sulfide) groups is 1. The highest BCUT2D eigenvalue weighted by atomic mass is 32.2. The number of anilines is 1. The van der Waals surface area contributed by atoms with Crippen molar-refractivity contribution in [3.63, 3.8) is 0 Å². The van der Waals surface area contributed by atoms with Gasteiger partial charge in [-0.25, -0.2) is 4.68 Å². The minimum Gasteiger partial charge on any atom is -0.283 e. The van der Waals surface area contributed by atoms with Crippen LogP contribution in [0.25, 0.3) is 11.8 Å². The number of thiocarbonyl (C=S) groups is 1. The second kappa shape index (κ2) is 8.32. The lowest BCUT2D eigenvalue weighted by atomic mass is 10.0. The predicted molar refractivity (Wildman–Crippen MR) is 132 cm³/mol. The van der Waals surface area contributed by atoms with E-state index in [1.807, 2.05) is 55.5 Å². The number of hydrogen-bond acceptors (Lipinski definition) is 4. The molecule has 1 aromatic heterocycles. The Morgan fingerprint density at radius 1 is 1.00 bits per heavy atom. The van der Waals surface area contributed by atoms with Crippen molar-refractivity contribution in [1.29, 1.82) is 0 Å². The summed E-state index contributed by atoms with van der Waals surface area (Å²) in [7, 11) is 1.80. The molecule has 3 aromatic rings. The molecule has 1 amide bonds. The number of aromatic nitrogens is 2. The van der Waals surface area contributed by atoms with E-state index >= 15 is 0 Å². The summed E-state index contributed by atoms with van der Waals surface area (Å²) in [5.74, 6) is 0.175. The Hall–Kier alpha value is -2.90. The van der Waals surface area contributed by atoms with Crippen LogP contribution >= 0.6 is 24.0 Å². The number of carbonyl (C=O) groups is 1. The standard InChI is InChI=1S/C24H23N3O2S2/c1-15(2)18-12-10-17(11-13-18)14-20-22(28)26(24(30)31-20)21-16(3)25(4)27(23(21)29)19-8-6-5-7-9-19/h5-15H,1-4H3. The van der Waals surface area contributed by atoms with E-state index in [0.717, 1.165) is 11.3 Å². The largest absolute Gasteiger partial charge is 0.296 e. The van der Waals surface area contributed by atoms with E-state index < -0.39 is 0 Å². The zero-order valence-electron chi connectivity index (χ0n) is 17.8. The molecule has 1 aliphatic heterocycles. The van der Waals surface area contributed by atoms with E-state index in [0.29, 0.717) is 26.5 Å². The average Bonchev–Trinajstić information content (AvgIpc) is 3.14. The molecular formula is C24H23N3O2S2. The SMILES string of the molecule is Cc1c(N2C(=O)C(=Cc3ccc(C(C)C)cc3)SC2=S)c(=O)n(-c2ccccc2)n1C. The fourth-order valence-corrected chi connectivity index (χ4v) is 4.87. The van der Waals surface area contributed by atoms with Crippen molar-refractivity contribution in [1.82, 2.24) is 9.36 Å². The molecule has 0 atom stereocenters. The Bertz CT molecular complexity index is 1250. The summed E-state index contributed by atoms with van der Waals surface area (Å²) in [6.07, 6.45) is 1.83. The first kappa shape index (κ1) is 21.3. The van der Waals surface area contributed by atoms with Crippen molar-refractivity contribution in [2.24, 2.45) is 7.05 Å². The highest BCUT2D eigenvalue weighted by molar-refractivity contribution is 8.27. The van der Waals surface area contributed by atoms with Gasteiger partial charge in [-0.05, 0) is 42.2 Å². The Morgan fingerprint density at radius 3 is 2.26 bits per heavy atom. The van der Waals surface area contributed by atoms with E-state index in [4.69, 9.17) is 12.2 Å². The molecule has 1 aliphatic rings. The van der Waals surface area contributed by atoms with Gasteiger partial charge in [0.2, 0.25) is 0 Å². The molecule has 2 heterocycles. The lowest BCUT2D eigenvalue weighted by Gasteiger charge is -2.12. The van der Waals surface area contributed by atoms with E-state index in [-0.39, 0.29) is 11.5 Å². The molecule has 31 heavy (non-hydrogen) atoms. The number of hydrogen-bond donors (Lipinski definition) is 0. The van der Waals surface area contributed by atoms with Gasteiger partial charge >= 0.3 is 0 Å². The molecule has 158 valence electrons. The van der Waals surface area contributed by atoms with Crippen LogP contribution in [-0.4, -0.2) is 19.6 Å². The highest BCUT2D eigenvalue weighted by Crippen LogP contribution is 2.36. The molecule has 1 saturated heterocycles. The van der Waals surface area contributed by atoms with Gasteiger partial charge in [-0.2, -0.15) is 0 Å². The second-order valence-electron chi connectivity index (χ2n) is 7.75. The number of amides is 1. The maximum atomic E-state index is 13.3. The molecule has 4 rings (SSSR count). The molecule has 0 radical (unpaired) electrons. The zero-order chi connectivity index (χ0) is 22.3. The molecule has 0 unspecified atom stereocenters. The van der Waals surface area contributed by atoms with Crippen LogP contribution in [0.5, 0.6) is 0 Å². The molecule has 0 N–H and O–H groups in total. The molecule has 7 heteroatoms. The lowest BCUT2D eigenvalue weighted by Crippen LogP contribution is -2.33. The summed E-state index contributed by atoms with van der Waals surface area (Å²) >= 11 is 6.73. The van der Waals surface area contributed by atoms with Crippen molar-refractivity contribution in [3.8, 4) is 5.69 Å².